The molecule has 20 heavy (non-hydrogen) atoms. The van der Waals surface area contributed by atoms with Crippen LogP contribution in [0.1, 0.15) is 18.9 Å². The molecule has 1 aromatic heterocycles. The first-order chi connectivity index (χ1) is 9.56. The first-order valence-corrected chi connectivity index (χ1v) is 6.47. The minimum Gasteiger partial charge on any atom is -0.358 e. The van der Waals surface area contributed by atoms with Gasteiger partial charge >= 0.3 is 0 Å². The number of halogens is 2. The Kier molecular flexibility index (Phi) is 3.04. The lowest BCUT2D eigenvalue weighted by Gasteiger charge is -2.25. The van der Waals surface area contributed by atoms with Crippen LogP contribution in [0.4, 0.5) is 8.78 Å². The number of rotatable bonds is 1. The first-order valence-electron chi connectivity index (χ1n) is 6.47. The molecule has 3 nitrogen and oxygen atoms in total. The molecule has 1 N–H and O–H groups in total. The third-order valence-electron chi connectivity index (χ3n) is 3.71. The van der Waals surface area contributed by atoms with Crippen molar-refractivity contribution >= 4 is 22.4 Å². The predicted molar refractivity (Wildman–Crippen MR) is 73.1 cm³/mol. The van der Waals surface area contributed by atoms with Crippen molar-refractivity contribution in [1.82, 2.24) is 9.88 Å². The van der Waals surface area contributed by atoms with E-state index in [-0.39, 0.29) is 5.91 Å². The van der Waals surface area contributed by atoms with Crippen molar-refractivity contribution < 1.29 is 13.6 Å². The molecule has 0 fully saturated rings. The second-order valence-corrected chi connectivity index (χ2v) is 4.96. The SMILES string of the molecule is CC(=O)N1CC=C(c2c[nH]c3c(F)cc(F)cc23)CC1. The van der Waals surface area contributed by atoms with Crippen LogP contribution in [-0.2, 0) is 4.79 Å². The molecule has 0 saturated heterocycles. The van der Waals surface area contributed by atoms with E-state index in [1.54, 1.807) is 11.1 Å². The molecule has 0 radical (unpaired) electrons. The van der Waals surface area contributed by atoms with Gasteiger partial charge in [0.05, 0.1) is 5.52 Å². The van der Waals surface area contributed by atoms with Gasteiger partial charge in [-0.2, -0.15) is 0 Å². The summed E-state index contributed by atoms with van der Waals surface area (Å²) in [5.74, 6) is -1.14. The molecule has 5 heteroatoms. The average Bonchev–Trinajstić information content (AvgIpc) is 2.82. The largest absolute Gasteiger partial charge is 0.358 e. The Bertz CT molecular complexity index is 718. The number of nitrogens with zero attached hydrogens (tertiary/aromatic N) is 1. The Balaban J connectivity index is 2.02. The Hall–Kier alpha value is -2.17. The van der Waals surface area contributed by atoms with E-state index in [9.17, 15) is 13.6 Å². The minimum atomic E-state index is -0.590. The summed E-state index contributed by atoms with van der Waals surface area (Å²) in [5.41, 5.74) is 2.14. The van der Waals surface area contributed by atoms with Crippen LogP contribution < -0.4 is 0 Å². The highest BCUT2D eigenvalue weighted by Crippen LogP contribution is 2.30. The topological polar surface area (TPSA) is 36.1 Å². The number of carbonyl (C=O) groups is 1. The summed E-state index contributed by atoms with van der Waals surface area (Å²) in [5, 5.41) is 0.546. The van der Waals surface area contributed by atoms with E-state index in [1.807, 2.05) is 6.08 Å². The molecule has 1 aromatic carbocycles. The lowest BCUT2D eigenvalue weighted by atomic mass is 9.99. The fraction of sp³-hybridized carbons (Fsp3) is 0.267. The lowest BCUT2D eigenvalue weighted by Crippen LogP contribution is -2.32. The fourth-order valence-electron chi connectivity index (χ4n) is 2.62. The highest BCUT2D eigenvalue weighted by molar-refractivity contribution is 5.93. The van der Waals surface area contributed by atoms with Crippen LogP contribution in [0, 0.1) is 11.6 Å². The number of H-pyrrole nitrogens is 1. The number of hydrogen-bond donors (Lipinski definition) is 1. The molecule has 2 aromatic rings. The van der Waals surface area contributed by atoms with E-state index in [2.05, 4.69) is 4.98 Å². The van der Waals surface area contributed by atoms with E-state index in [0.717, 1.165) is 17.2 Å². The second kappa shape index (κ2) is 4.74. The maximum Gasteiger partial charge on any atom is 0.219 e. The van der Waals surface area contributed by atoms with Gasteiger partial charge in [0, 0.05) is 43.2 Å². The van der Waals surface area contributed by atoms with Gasteiger partial charge in [-0.1, -0.05) is 6.08 Å². The number of nitrogens with one attached hydrogen (secondary N) is 1. The van der Waals surface area contributed by atoms with Crippen molar-refractivity contribution in [3.8, 4) is 0 Å². The fourth-order valence-corrected chi connectivity index (χ4v) is 2.62. The van der Waals surface area contributed by atoms with Crippen molar-refractivity contribution in [2.75, 3.05) is 13.1 Å². The third-order valence-corrected chi connectivity index (χ3v) is 3.71. The normalized spacial score (nSPS) is 15.6. The Labute approximate surface area is 114 Å². The summed E-state index contributed by atoms with van der Waals surface area (Å²) in [4.78, 5) is 15.9. The number of carbonyl (C=O) groups excluding carboxylic acids is 1. The second-order valence-electron chi connectivity index (χ2n) is 4.96. The summed E-state index contributed by atoms with van der Waals surface area (Å²) < 4.78 is 27.0. The maximum absolute atomic E-state index is 13.7. The van der Waals surface area contributed by atoms with Gasteiger partial charge in [0.2, 0.25) is 5.91 Å². The van der Waals surface area contributed by atoms with E-state index in [4.69, 9.17) is 0 Å². The molecule has 1 aliphatic rings. The first kappa shape index (κ1) is 12.8. The van der Waals surface area contributed by atoms with Crippen LogP contribution in [0.2, 0.25) is 0 Å². The van der Waals surface area contributed by atoms with Gasteiger partial charge in [-0.05, 0) is 18.1 Å². The summed E-state index contributed by atoms with van der Waals surface area (Å²) in [6.07, 6.45) is 4.32. The van der Waals surface area contributed by atoms with E-state index in [0.29, 0.717) is 30.4 Å². The average molecular weight is 276 g/mol. The molecule has 0 spiro atoms. The molecule has 104 valence electrons. The molecule has 0 saturated carbocycles. The van der Waals surface area contributed by atoms with E-state index in [1.165, 1.54) is 13.0 Å². The molecular formula is C15H14F2N2O. The number of benzene rings is 1. The summed E-state index contributed by atoms with van der Waals surface area (Å²) in [6.45, 7) is 2.70. The van der Waals surface area contributed by atoms with Crippen molar-refractivity contribution in [3.63, 3.8) is 0 Å². The zero-order valence-corrected chi connectivity index (χ0v) is 11.0. The maximum atomic E-state index is 13.7. The van der Waals surface area contributed by atoms with Gasteiger partial charge in [0.1, 0.15) is 11.6 Å². The third kappa shape index (κ3) is 2.09. The lowest BCUT2D eigenvalue weighted by molar-refractivity contribution is -0.128. The van der Waals surface area contributed by atoms with Gasteiger partial charge in [-0.15, -0.1) is 0 Å². The van der Waals surface area contributed by atoms with Gasteiger partial charge < -0.3 is 9.88 Å². The molecule has 3 rings (SSSR count). The van der Waals surface area contributed by atoms with Crippen molar-refractivity contribution in [3.05, 3.63) is 41.6 Å². The standard InChI is InChI=1S/C15H14F2N2O/c1-9(20)19-4-2-10(3-5-19)13-8-18-15-12(13)6-11(16)7-14(15)17/h2,6-8,18H,3-5H2,1H3. The van der Waals surface area contributed by atoms with Gasteiger partial charge in [-0.3, -0.25) is 4.79 Å². The van der Waals surface area contributed by atoms with Crippen LogP contribution in [0.3, 0.4) is 0 Å². The van der Waals surface area contributed by atoms with Gasteiger partial charge in [0.25, 0.3) is 0 Å². The van der Waals surface area contributed by atoms with Crippen molar-refractivity contribution in [2.24, 2.45) is 0 Å². The Morgan fingerprint density at radius 1 is 1.35 bits per heavy atom. The number of hydrogen-bond acceptors (Lipinski definition) is 1. The smallest absolute Gasteiger partial charge is 0.219 e. The quantitative estimate of drug-likeness (QED) is 0.853. The number of amides is 1. The number of aromatic amines is 1. The zero-order valence-electron chi connectivity index (χ0n) is 11.0. The predicted octanol–water partition coefficient (Wildman–Crippen LogP) is 3.08. The van der Waals surface area contributed by atoms with Crippen LogP contribution in [0.5, 0.6) is 0 Å². The van der Waals surface area contributed by atoms with Crippen LogP contribution >= 0.6 is 0 Å². The molecule has 1 aliphatic heterocycles. The summed E-state index contributed by atoms with van der Waals surface area (Å²) in [7, 11) is 0. The highest BCUT2D eigenvalue weighted by atomic mass is 19.1. The molecular weight excluding hydrogens is 262 g/mol. The van der Waals surface area contributed by atoms with Crippen LogP contribution in [0.25, 0.3) is 16.5 Å². The monoisotopic (exact) mass is 276 g/mol. The number of fused-ring (bicyclic) bond motifs is 1. The summed E-state index contributed by atoms with van der Waals surface area (Å²) >= 11 is 0. The van der Waals surface area contributed by atoms with E-state index >= 15 is 0 Å². The molecule has 0 aliphatic carbocycles. The molecule has 0 atom stereocenters. The van der Waals surface area contributed by atoms with Gasteiger partial charge in [-0.25, -0.2) is 8.78 Å². The van der Waals surface area contributed by atoms with Crippen molar-refractivity contribution in [1.29, 1.82) is 0 Å². The van der Waals surface area contributed by atoms with Gasteiger partial charge in [0.15, 0.2) is 0 Å². The molecule has 2 heterocycles. The molecule has 0 unspecified atom stereocenters. The van der Waals surface area contributed by atoms with Crippen molar-refractivity contribution in [2.45, 2.75) is 13.3 Å². The zero-order chi connectivity index (χ0) is 14.3. The Morgan fingerprint density at radius 2 is 2.15 bits per heavy atom. The minimum absolute atomic E-state index is 0.0383. The van der Waals surface area contributed by atoms with Crippen LogP contribution in [-0.4, -0.2) is 28.9 Å². The highest BCUT2D eigenvalue weighted by Gasteiger charge is 2.18. The summed E-state index contributed by atoms with van der Waals surface area (Å²) in [6, 6.07) is 2.21. The molecule has 1 amide bonds. The Morgan fingerprint density at radius 3 is 2.80 bits per heavy atom. The van der Waals surface area contributed by atoms with E-state index < -0.39 is 11.6 Å². The molecule has 0 bridgehead atoms. The van der Waals surface area contributed by atoms with Crippen LogP contribution in [0.15, 0.2) is 24.4 Å². The number of aromatic nitrogens is 1.